The lowest BCUT2D eigenvalue weighted by atomic mass is 9.73. The SMILES string of the molecule is CC1(C)CC(=O)C2=C(C1)Nc1ccccc1N([C@H]1OC(=O)c3ccccc31)[C@H]2c1cccc(Br)c1. The molecule has 0 bridgehead atoms. The number of fused-ring (bicyclic) bond motifs is 2. The van der Waals surface area contributed by atoms with Gasteiger partial charge in [-0.3, -0.25) is 4.79 Å². The van der Waals surface area contributed by atoms with Crippen molar-refractivity contribution >= 4 is 39.1 Å². The number of nitrogens with zero attached hydrogens (tertiary/aromatic N) is 1. The number of esters is 1. The second-order valence-electron chi connectivity index (χ2n) is 10.2. The second-order valence-corrected chi connectivity index (χ2v) is 11.1. The summed E-state index contributed by atoms with van der Waals surface area (Å²) in [6, 6.07) is 23.1. The number of anilines is 2. The van der Waals surface area contributed by atoms with Gasteiger partial charge in [0.2, 0.25) is 6.23 Å². The summed E-state index contributed by atoms with van der Waals surface area (Å²) in [4.78, 5) is 28.8. The number of halogens is 1. The van der Waals surface area contributed by atoms with Crippen LogP contribution in [0.1, 0.15) is 60.4 Å². The van der Waals surface area contributed by atoms with E-state index in [1.807, 2.05) is 66.7 Å². The first-order valence-corrected chi connectivity index (χ1v) is 12.6. The van der Waals surface area contributed by atoms with Gasteiger partial charge >= 0.3 is 5.97 Å². The summed E-state index contributed by atoms with van der Waals surface area (Å²) in [6.45, 7) is 4.27. The fourth-order valence-corrected chi connectivity index (χ4v) is 6.02. The predicted octanol–water partition coefficient (Wildman–Crippen LogP) is 6.93. The summed E-state index contributed by atoms with van der Waals surface area (Å²) >= 11 is 3.62. The highest BCUT2D eigenvalue weighted by Crippen LogP contribution is 2.52. The highest BCUT2D eigenvalue weighted by molar-refractivity contribution is 9.10. The molecule has 6 heteroatoms. The lowest BCUT2D eigenvalue weighted by molar-refractivity contribution is -0.118. The number of carbonyl (C=O) groups is 2. The van der Waals surface area contributed by atoms with Crippen molar-refractivity contribution < 1.29 is 14.3 Å². The third-order valence-electron chi connectivity index (χ3n) is 7.02. The molecule has 2 heterocycles. The molecule has 0 unspecified atom stereocenters. The van der Waals surface area contributed by atoms with Crippen molar-refractivity contribution in [3.05, 3.63) is 105 Å². The maximum absolute atomic E-state index is 13.8. The number of nitrogens with one attached hydrogen (secondary N) is 1. The average molecular weight is 529 g/mol. The van der Waals surface area contributed by atoms with Crippen LogP contribution >= 0.6 is 15.9 Å². The zero-order chi connectivity index (χ0) is 24.3. The first-order chi connectivity index (χ1) is 16.8. The number of rotatable bonds is 2. The van der Waals surface area contributed by atoms with E-state index >= 15 is 0 Å². The number of para-hydroxylation sites is 2. The zero-order valence-corrected chi connectivity index (χ0v) is 21.1. The molecule has 3 aromatic rings. The van der Waals surface area contributed by atoms with E-state index in [1.165, 1.54) is 0 Å². The molecule has 0 saturated heterocycles. The monoisotopic (exact) mass is 528 g/mol. The maximum atomic E-state index is 13.8. The van der Waals surface area contributed by atoms with E-state index in [2.05, 4.69) is 40.0 Å². The summed E-state index contributed by atoms with van der Waals surface area (Å²) in [5.74, 6) is -0.234. The Labute approximate surface area is 212 Å². The molecule has 0 spiro atoms. The van der Waals surface area contributed by atoms with Gasteiger partial charge in [0.25, 0.3) is 0 Å². The summed E-state index contributed by atoms with van der Waals surface area (Å²) in [6.07, 6.45) is 0.547. The molecule has 176 valence electrons. The largest absolute Gasteiger partial charge is 0.433 e. The third kappa shape index (κ3) is 3.67. The van der Waals surface area contributed by atoms with Crippen LogP contribution in [0.5, 0.6) is 0 Å². The Morgan fingerprint density at radius 2 is 1.74 bits per heavy atom. The Morgan fingerprint density at radius 1 is 0.971 bits per heavy atom. The molecule has 3 aliphatic rings. The molecule has 35 heavy (non-hydrogen) atoms. The molecule has 0 radical (unpaired) electrons. The normalized spacial score (nSPS) is 22.5. The van der Waals surface area contributed by atoms with Crippen LogP contribution in [0.3, 0.4) is 0 Å². The molecule has 6 rings (SSSR count). The molecule has 0 saturated carbocycles. The van der Waals surface area contributed by atoms with Crippen molar-refractivity contribution in [3.63, 3.8) is 0 Å². The minimum Gasteiger partial charge on any atom is -0.433 e. The zero-order valence-electron chi connectivity index (χ0n) is 19.5. The number of benzene rings is 3. The third-order valence-corrected chi connectivity index (χ3v) is 7.52. The molecule has 0 fully saturated rings. The highest BCUT2D eigenvalue weighted by Gasteiger charge is 2.46. The molecule has 0 aromatic heterocycles. The number of allylic oxidation sites excluding steroid dienone is 1. The first-order valence-electron chi connectivity index (χ1n) is 11.8. The van der Waals surface area contributed by atoms with Crippen LogP contribution < -0.4 is 10.2 Å². The van der Waals surface area contributed by atoms with E-state index in [9.17, 15) is 9.59 Å². The Kier molecular flexibility index (Phi) is 5.11. The highest BCUT2D eigenvalue weighted by atomic mass is 79.9. The van der Waals surface area contributed by atoms with Gasteiger partial charge < -0.3 is 15.0 Å². The van der Waals surface area contributed by atoms with Gasteiger partial charge in [0.05, 0.1) is 23.0 Å². The fraction of sp³-hybridized carbons (Fsp3) is 0.241. The number of carbonyl (C=O) groups excluding carboxylic acids is 2. The minimum absolute atomic E-state index is 0.115. The summed E-state index contributed by atoms with van der Waals surface area (Å²) < 4.78 is 6.96. The maximum Gasteiger partial charge on any atom is 0.340 e. The molecular weight excluding hydrogens is 504 g/mol. The number of hydrogen-bond acceptors (Lipinski definition) is 5. The molecule has 3 aromatic carbocycles. The van der Waals surface area contributed by atoms with Crippen LogP contribution in [0.2, 0.25) is 0 Å². The van der Waals surface area contributed by atoms with Crippen LogP contribution in [0, 0.1) is 5.41 Å². The van der Waals surface area contributed by atoms with Crippen LogP contribution in [0.4, 0.5) is 11.4 Å². The summed E-state index contributed by atoms with van der Waals surface area (Å²) in [7, 11) is 0. The van der Waals surface area contributed by atoms with E-state index < -0.39 is 12.3 Å². The first kappa shape index (κ1) is 22.1. The topological polar surface area (TPSA) is 58.6 Å². The smallest absolute Gasteiger partial charge is 0.340 e. The summed E-state index contributed by atoms with van der Waals surface area (Å²) in [5.41, 5.74) is 5.61. The Hall–Kier alpha value is -3.38. The lowest BCUT2D eigenvalue weighted by Gasteiger charge is -2.40. The predicted molar refractivity (Wildman–Crippen MR) is 139 cm³/mol. The van der Waals surface area contributed by atoms with Gasteiger partial charge in [-0.05, 0) is 47.7 Å². The molecule has 2 aliphatic heterocycles. The Bertz CT molecular complexity index is 1410. The van der Waals surface area contributed by atoms with E-state index in [-0.39, 0.29) is 17.2 Å². The number of hydrogen-bond donors (Lipinski definition) is 1. The van der Waals surface area contributed by atoms with Gasteiger partial charge in [0.1, 0.15) is 0 Å². The van der Waals surface area contributed by atoms with E-state index in [4.69, 9.17) is 4.74 Å². The van der Waals surface area contributed by atoms with E-state index in [0.717, 1.165) is 44.7 Å². The molecule has 1 aliphatic carbocycles. The molecule has 0 amide bonds. The van der Waals surface area contributed by atoms with Crippen molar-refractivity contribution in [2.45, 2.75) is 39.0 Å². The van der Waals surface area contributed by atoms with Crippen LogP contribution in [-0.2, 0) is 9.53 Å². The van der Waals surface area contributed by atoms with Crippen LogP contribution in [-0.4, -0.2) is 11.8 Å². The van der Waals surface area contributed by atoms with Crippen LogP contribution in [0.15, 0.2) is 88.5 Å². The quantitative estimate of drug-likeness (QED) is 0.365. The summed E-state index contributed by atoms with van der Waals surface area (Å²) in [5, 5.41) is 3.62. The van der Waals surface area contributed by atoms with Gasteiger partial charge in [-0.25, -0.2) is 4.79 Å². The van der Waals surface area contributed by atoms with Crippen molar-refractivity contribution in [2.24, 2.45) is 5.41 Å². The molecule has 2 atom stereocenters. The molecule has 5 nitrogen and oxygen atoms in total. The fourth-order valence-electron chi connectivity index (χ4n) is 5.61. The van der Waals surface area contributed by atoms with Gasteiger partial charge in [-0.15, -0.1) is 0 Å². The number of ketones is 1. The van der Waals surface area contributed by atoms with E-state index in [1.54, 1.807) is 6.07 Å². The lowest BCUT2D eigenvalue weighted by Crippen LogP contribution is -2.38. The minimum atomic E-state index is -0.666. The molecular formula is C29H25BrN2O3. The van der Waals surface area contributed by atoms with Crippen molar-refractivity contribution in [2.75, 3.05) is 10.2 Å². The van der Waals surface area contributed by atoms with Gasteiger partial charge in [0.15, 0.2) is 5.78 Å². The van der Waals surface area contributed by atoms with Gasteiger partial charge in [-0.1, -0.05) is 72.2 Å². The van der Waals surface area contributed by atoms with Crippen molar-refractivity contribution in [1.29, 1.82) is 0 Å². The van der Waals surface area contributed by atoms with E-state index in [0.29, 0.717) is 12.0 Å². The second kappa shape index (κ2) is 8.09. The van der Waals surface area contributed by atoms with Crippen molar-refractivity contribution in [1.82, 2.24) is 0 Å². The van der Waals surface area contributed by atoms with Crippen LogP contribution in [0.25, 0.3) is 0 Å². The van der Waals surface area contributed by atoms with Gasteiger partial charge in [-0.2, -0.15) is 0 Å². The van der Waals surface area contributed by atoms with Gasteiger partial charge in [0, 0.05) is 27.7 Å². The van der Waals surface area contributed by atoms with Crippen molar-refractivity contribution in [3.8, 4) is 0 Å². The average Bonchev–Trinajstić information content (AvgIpc) is 3.06. The standard InChI is InChI=1S/C29H25BrN2O3/c1-29(2)15-22-25(24(33)16-29)26(17-8-7-9-18(30)14-17)32(23-13-6-5-12-21(23)31-22)27-19-10-3-4-11-20(19)28(34)35-27/h3-14,26-27,31H,15-16H2,1-2H3/t26-,27-/m0/s1. The molecule has 1 N–H and O–H groups in total. The Balaban J connectivity index is 1.65. The number of Topliss-reactive ketones (excluding diaryl/α,β-unsaturated/α-hetero) is 1. The number of ether oxygens (including phenoxy) is 1. The number of cyclic esters (lactones) is 1. The Morgan fingerprint density at radius 3 is 2.57 bits per heavy atom.